The van der Waals surface area contributed by atoms with Gasteiger partial charge in [0.1, 0.15) is 0 Å². The summed E-state index contributed by atoms with van der Waals surface area (Å²) in [5.41, 5.74) is 1.98. The van der Waals surface area contributed by atoms with Gasteiger partial charge in [-0.1, -0.05) is 25.0 Å². The van der Waals surface area contributed by atoms with E-state index in [1.807, 2.05) is 24.3 Å². The SMILES string of the molecule is OC(CNc1nc2ccccc2[nH]1)C1CCCC1. The van der Waals surface area contributed by atoms with Crippen LogP contribution in [-0.2, 0) is 0 Å². The molecule has 0 spiro atoms. The lowest BCUT2D eigenvalue weighted by Crippen LogP contribution is -2.26. The zero-order chi connectivity index (χ0) is 12.4. The van der Waals surface area contributed by atoms with Crippen LogP contribution in [0.5, 0.6) is 0 Å². The molecule has 3 N–H and O–H groups in total. The fourth-order valence-electron chi connectivity index (χ4n) is 2.75. The Kier molecular flexibility index (Phi) is 3.19. The summed E-state index contributed by atoms with van der Waals surface area (Å²) in [4.78, 5) is 7.64. The van der Waals surface area contributed by atoms with E-state index in [1.165, 1.54) is 12.8 Å². The number of imidazole rings is 1. The Bertz CT molecular complexity index is 483. The maximum Gasteiger partial charge on any atom is 0.201 e. The molecule has 0 bridgehead atoms. The monoisotopic (exact) mass is 245 g/mol. The summed E-state index contributed by atoms with van der Waals surface area (Å²) in [7, 11) is 0. The quantitative estimate of drug-likeness (QED) is 0.775. The Morgan fingerprint density at radius 1 is 1.33 bits per heavy atom. The van der Waals surface area contributed by atoms with Gasteiger partial charge in [-0.2, -0.15) is 0 Å². The van der Waals surface area contributed by atoms with Crippen molar-refractivity contribution in [2.45, 2.75) is 31.8 Å². The first-order valence-electron chi connectivity index (χ1n) is 6.69. The summed E-state index contributed by atoms with van der Waals surface area (Å²) >= 11 is 0. The number of hydrogen-bond acceptors (Lipinski definition) is 3. The number of hydrogen-bond donors (Lipinski definition) is 3. The fourth-order valence-corrected chi connectivity index (χ4v) is 2.75. The van der Waals surface area contributed by atoms with Crippen LogP contribution in [0.2, 0.25) is 0 Å². The third-order valence-electron chi connectivity index (χ3n) is 3.81. The second kappa shape index (κ2) is 4.98. The van der Waals surface area contributed by atoms with Crippen molar-refractivity contribution in [3.8, 4) is 0 Å². The van der Waals surface area contributed by atoms with Crippen molar-refractivity contribution in [1.29, 1.82) is 0 Å². The zero-order valence-electron chi connectivity index (χ0n) is 10.4. The van der Waals surface area contributed by atoms with Crippen LogP contribution in [-0.4, -0.2) is 27.7 Å². The number of rotatable bonds is 4. The highest BCUT2D eigenvalue weighted by atomic mass is 16.3. The first-order chi connectivity index (χ1) is 8.83. The highest BCUT2D eigenvalue weighted by molar-refractivity contribution is 5.77. The molecule has 1 unspecified atom stereocenters. The number of nitrogens with zero attached hydrogens (tertiary/aromatic N) is 1. The molecule has 1 fully saturated rings. The summed E-state index contributed by atoms with van der Waals surface area (Å²) in [5, 5.41) is 13.3. The molecule has 0 saturated heterocycles. The number of para-hydroxylation sites is 2. The average Bonchev–Trinajstić information content (AvgIpc) is 3.04. The van der Waals surface area contributed by atoms with E-state index in [4.69, 9.17) is 0 Å². The van der Waals surface area contributed by atoms with Gasteiger partial charge in [0.25, 0.3) is 0 Å². The van der Waals surface area contributed by atoms with Gasteiger partial charge < -0.3 is 15.4 Å². The molecular weight excluding hydrogens is 226 g/mol. The molecule has 2 aromatic rings. The average molecular weight is 245 g/mol. The minimum absolute atomic E-state index is 0.263. The lowest BCUT2D eigenvalue weighted by Gasteiger charge is -2.17. The molecular formula is C14H19N3O. The van der Waals surface area contributed by atoms with E-state index in [-0.39, 0.29) is 6.10 Å². The van der Waals surface area contributed by atoms with E-state index in [0.29, 0.717) is 12.5 Å². The molecule has 4 nitrogen and oxygen atoms in total. The number of H-pyrrole nitrogens is 1. The predicted octanol–water partition coefficient (Wildman–Crippen LogP) is 2.53. The largest absolute Gasteiger partial charge is 0.391 e. The standard InChI is InChI=1S/C14H19N3O/c18-13(10-5-1-2-6-10)9-15-14-16-11-7-3-4-8-12(11)17-14/h3-4,7-8,10,13,18H,1-2,5-6,9H2,(H2,15,16,17). The van der Waals surface area contributed by atoms with Gasteiger partial charge in [-0.25, -0.2) is 4.98 Å². The summed E-state index contributed by atoms with van der Waals surface area (Å²) < 4.78 is 0. The van der Waals surface area contributed by atoms with Crippen LogP contribution in [0.4, 0.5) is 5.95 Å². The fraction of sp³-hybridized carbons (Fsp3) is 0.500. The topological polar surface area (TPSA) is 60.9 Å². The van der Waals surface area contributed by atoms with Crippen molar-refractivity contribution in [1.82, 2.24) is 9.97 Å². The van der Waals surface area contributed by atoms with Crippen LogP contribution in [0.25, 0.3) is 11.0 Å². The van der Waals surface area contributed by atoms with E-state index < -0.39 is 0 Å². The molecule has 0 aliphatic heterocycles. The van der Waals surface area contributed by atoms with Crippen LogP contribution < -0.4 is 5.32 Å². The summed E-state index contributed by atoms with van der Waals surface area (Å²) in [5.74, 6) is 1.20. The van der Waals surface area contributed by atoms with Gasteiger partial charge in [-0.15, -0.1) is 0 Å². The Labute approximate surface area is 106 Å². The van der Waals surface area contributed by atoms with Crippen molar-refractivity contribution < 1.29 is 5.11 Å². The molecule has 1 aliphatic carbocycles. The van der Waals surface area contributed by atoms with E-state index >= 15 is 0 Å². The zero-order valence-corrected chi connectivity index (χ0v) is 10.4. The van der Waals surface area contributed by atoms with Crippen LogP contribution >= 0.6 is 0 Å². The van der Waals surface area contributed by atoms with Gasteiger partial charge >= 0.3 is 0 Å². The van der Waals surface area contributed by atoms with E-state index in [2.05, 4.69) is 15.3 Å². The molecule has 0 amide bonds. The van der Waals surface area contributed by atoms with Gasteiger partial charge in [-0.3, -0.25) is 0 Å². The Hall–Kier alpha value is -1.55. The molecule has 1 saturated carbocycles. The van der Waals surface area contributed by atoms with Crippen LogP contribution in [0.3, 0.4) is 0 Å². The molecule has 1 aromatic heterocycles. The van der Waals surface area contributed by atoms with Crippen molar-refractivity contribution in [3.63, 3.8) is 0 Å². The van der Waals surface area contributed by atoms with Crippen molar-refractivity contribution in [2.24, 2.45) is 5.92 Å². The lowest BCUT2D eigenvalue weighted by atomic mass is 10.0. The molecule has 3 rings (SSSR count). The molecule has 4 heteroatoms. The second-order valence-electron chi connectivity index (χ2n) is 5.10. The van der Waals surface area contributed by atoms with Crippen LogP contribution in [0.1, 0.15) is 25.7 Å². The first kappa shape index (κ1) is 11.5. The Morgan fingerprint density at radius 2 is 2.11 bits per heavy atom. The van der Waals surface area contributed by atoms with Crippen LogP contribution in [0, 0.1) is 5.92 Å². The number of fused-ring (bicyclic) bond motifs is 1. The molecule has 1 aromatic carbocycles. The second-order valence-corrected chi connectivity index (χ2v) is 5.10. The minimum atomic E-state index is -0.263. The number of aromatic amines is 1. The highest BCUT2D eigenvalue weighted by Gasteiger charge is 2.22. The molecule has 1 atom stereocenters. The first-order valence-corrected chi connectivity index (χ1v) is 6.69. The highest BCUT2D eigenvalue weighted by Crippen LogP contribution is 2.27. The molecule has 1 heterocycles. The number of nitrogens with one attached hydrogen (secondary N) is 2. The Balaban J connectivity index is 1.62. The number of aliphatic hydroxyl groups is 1. The molecule has 0 radical (unpaired) electrons. The van der Waals surface area contributed by atoms with Crippen molar-refractivity contribution in [2.75, 3.05) is 11.9 Å². The van der Waals surface area contributed by atoms with E-state index in [1.54, 1.807) is 0 Å². The maximum atomic E-state index is 10.1. The van der Waals surface area contributed by atoms with Gasteiger partial charge in [0, 0.05) is 6.54 Å². The lowest BCUT2D eigenvalue weighted by molar-refractivity contribution is 0.122. The molecule has 1 aliphatic rings. The van der Waals surface area contributed by atoms with Crippen molar-refractivity contribution >= 4 is 17.0 Å². The van der Waals surface area contributed by atoms with Gasteiger partial charge in [0.15, 0.2) is 0 Å². The van der Waals surface area contributed by atoms with Crippen LogP contribution in [0.15, 0.2) is 24.3 Å². The number of anilines is 1. The maximum absolute atomic E-state index is 10.1. The van der Waals surface area contributed by atoms with Gasteiger partial charge in [0.05, 0.1) is 17.1 Å². The number of aromatic nitrogens is 2. The summed E-state index contributed by atoms with van der Waals surface area (Å²) in [6.07, 6.45) is 4.56. The summed E-state index contributed by atoms with van der Waals surface area (Å²) in [6, 6.07) is 7.93. The molecule has 18 heavy (non-hydrogen) atoms. The normalized spacial score (nSPS) is 18.3. The smallest absolute Gasteiger partial charge is 0.201 e. The molecule has 96 valence electrons. The third-order valence-corrected chi connectivity index (χ3v) is 3.81. The Morgan fingerprint density at radius 3 is 2.89 bits per heavy atom. The van der Waals surface area contributed by atoms with E-state index in [9.17, 15) is 5.11 Å². The number of aliphatic hydroxyl groups excluding tert-OH is 1. The van der Waals surface area contributed by atoms with Gasteiger partial charge in [0.2, 0.25) is 5.95 Å². The van der Waals surface area contributed by atoms with Gasteiger partial charge in [-0.05, 0) is 30.9 Å². The summed E-state index contributed by atoms with van der Waals surface area (Å²) in [6.45, 7) is 0.574. The van der Waals surface area contributed by atoms with Crippen molar-refractivity contribution in [3.05, 3.63) is 24.3 Å². The van der Waals surface area contributed by atoms with E-state index in [0.717, 1.165) is 29.8 Å². The minimum Gasteiger partial charge on any atom is -0.391 e. The predicted molar refractivity (Wildman–Crippen MR) is 72.5 cm³/mol. The third kappa shape index (κ3) is 2.34. The number of benzene rings is 1.